The number of aromatic nitrogens is 2. The Hall–Kier alpha value is -1.32. The number of nitrogens with zero attached hydrogens (tertiary/aromatic N) is 2. The van der Waals surface area contributed by atoms with E-state index in [2.05, 4.69) is 15.3 Å². The molecule has 1 aromatic heterocycles. The van der Waals surface area contributed by atoms with Crippen molar-refractivity contribution in [3.8, 4) is 0 Å². The molecule has 0 spiro atoms. The minimum absolute atomic E-state index is 0.467. The van der Waals surface area contributed by atoms with Crippen molar-refractivity contribution in [2.24, 2.45) is 5.92 Å². The standard InChI is InChI=1S/C9H14N4/c10-8-5-13-9(6-11-8)12-4-7-2-1-3-7/h5-7H,1-4H2,(H2,10,11)(H,12,13). The average molecular weight is 178 g/mol. The van der Waals surface area contributed by atoms with Crippen LogP contribution >= 0.6 is 0 Å². The molecule has 1 aromatic rings. The highest BCUT2D eigenvalue weighted by atomic mass is 15.0. The van der Waals surface area contributed by atoms with E-state index in [1.807, 2.05) is 0 Å². The van der Waals surface area contributed by atoms with Crippen molar-refractivity contribution in [1.82, 2.24) is 9.97 Å². The predicted octanol–water partition coefficient (Wildman–Crippen LogP) is 1.27. The highest BCUT2D eigenvalue weighted by molar-refractivity contribution is 5.35. The highest BCUT2D eigenvalue weighted by Crippen LogP contribution is 2.26. The van der Waals surface area contributed by atoms with Crippen molar-refractivity contribution in [2.45, 2.75) is 19.3 Å². The van der Waals surface area contributed by atoms with Crippen LogP contribution in [0, 0.1) is 5.92 Å². The molecule has 0 aliphatic heterocycles. The lowest BCUT2D eigenvalue weighted by Crippen LogP contribution is -2.21. The van der Waals surface area contributed by atoms with E-state index in [0.29, 0.717) is 5.82 Å². The van der Waals surface area contributed by atoms with Gasteiger partial charge < -0.3 is 11.1 Å². The molecule has 0 atom stereocenters. The summed E-state index contributed by atoms with van der Waals surface area (Å²) in [7, 11) is 0. The van der Waals surface area contributed by atoms with Crippen molar-refractivity contribution >= 4 is 11.6 Å². The topological polar surface area (TPSA) is 63.8 Å². The molecule has 1 aliphatic rings. The normalized spacial score (nSPS) is 16.6. The maximum atomic E-state index is 5.42. The van der Waals surface area contributed by atoms with E-state index in [1.54, 1.807) is 12.4 Å². The molecule has 4 heteroatoms. The maximum absolute atomic E-state index is 5.42. The van der Waals surface area contributed by atoms with Crippen molar-refractivity contribution in [2.75, 3.05) is 17.6 Å². The van der Waals surface area contributed by atoms with Gasteiger partial charge in [0.05, 0.1) is 12.4 Å². The second-order valence-electron chi connectivity index (χ2n) is 3.50. The third-order valence-corrected chi connectivity index (χ3v) is 2.47. The molecule has 13 heavy (non-hydrogen) atoms. The van der Waals surface area contributed by atoms with E-state index in [1.165, 1.54) is 19.3 Å². The van der Waals surface area contributed by atoms with Gasteiger partial charge in [-0.05, 0) is 18.8 Å². The Morgan fingerprint density at radius 2 is 2.23 bits per heavy atom. The van der Waals surface area contributed by atoms with Crippen LogP contribution in [0.2, 0.25) is 0 Å². The van der Waals surface area contributed by atoms with Gasteiger partial charge in [-0.1, -0.05) is 6.42 Å². The van der Waals surface area contributed by atoms with Gasteiger partial charge in [0.25, 0.3) is 0 Å². The Bertz CT molecular complexity index is 265. The molecule has 1 aliphatic carbocycles. The molecule has 0 bridgehead atoms. The van der Waals surface area contributed by atoms with E-state index >= 15 is 0 Å². The first kappa shape index (κ1) is 8.29. The van der Waals surface area contributed by atoms with Crippen LogP contribution in [-0.2, 0) is 0 Å². The quantitative estimate of drug-likeness (QED) is 0.731. The van der Waals surface area contributed by atoms with E-state index < -0.39 is 0 Å². The third kappa shape index (κ3) is 2.08. The van der Waals surface area contributed by atoms with Gasteiger partial charge in [0.15, 0.2) is 0 Å². The summed E-state index contributed by atoms with van der Waals surface area (Å²) in [5, 5.41) is 3.24. The smallest absolute Gasteiger partial charge is 0.144 e. The molecule has 0 unspecified atom stereocenters. The summed E-state index contributed by atoms with van der Waals surface area (Å²) in [6, 6.07) is 0. The van der Waals surface area contributed by atoms with Crippen molar-refractivity contribution in [1.29, 1.82) is 0 Å². The molecule has 70 valence electrons. The SMILES string of the molecule is Nc1cnc(NCC2CCC2)cn1. The summed E-state index contributed by atoms with van der Waals surface area (Å²) in [6.45, 7) is 1.01. The summed E-state index contributed by atoms with van der Waals surface area (Å²) in [6.07, 6.45) is 7.31. The third-order valence-electron chi connectivity index (χ3n) is 2.47. The summed E-state index contributed by atoms with van der Waals surface area (Å²) in [5.74, 6) is 2.12. The van der Waals surface area contributed by atoms with Gasteiger partial charge in [0, 0.05) is 6.54 Å². The van der Waals surface area contributed by atoms with Crippen LogP contribution in [0.5, 0.6) is 0 Å². The number of nitrogens with one attached hydrogen (secondary N) is 1. The number of hydrogen-bond donors (Lipinski definition) is 2. The van der Waals surface area contributed by atoms with Crippen LogP contribution in [0.25, 0.3) is 0 Å². The predicted molar refractivity (Wildman–Crippen MR) is 52.3 cm³/mol. The average Bonchev–Trinajstić information content (AvgIpc) is 2.05. The number of anilines is 2. The van der Waals surface area contributed by atoms with Gasteiger partial charge in [-0.2, -0.15) is 0 Å². The molecule has 1 saturated carbocycles. The minimum Gasteiger partial charge on any atom is -0.382 e. The van der Waals surface area contributed by atoms with E-state index in [-0.39, 0.29) is 0 Å². The van der Waals surface area contributed by atoms with E-state index in [4.69, 9.17) is 5.73 Å². The van der Waals surface area contributed by atoms with Gasteiger partial charge >= 0.3 is 0 Å². The fourth-order valence-corrected chi connectivity index (χ4v) is 1.38. The Morgan fingerprint density at radius 1 is 1.38 bits per heavy atom. The zero-order valence-electron chi connectivity index (χ0n) is 7.53. The van der Waals surface area contributed by atoms with Crippen molar-refractivity contribution in [3.63, 3.8) is 0 Å². The van der Waals surface area contributed by atoms with Crippen LogP contribution in [0.15, 0.2) is 12.4 Å². The van der Waals surface area contributed by atoms with Gasteiger partial charge in [-0.3, -0.25) is 0 Å². The number of nitrogens with two attached hydrogens (primary N) is 1. The molecule has 1 heterocycles. The second kappa shape index (κ2) is 3.60. The molecule has 0 saturated heterocycles. The Labute approximate surface area is 77.6 Å². The first-order valence-electron chi connectivity index (χ1n) is 4.66. The largest absolute Gasteiger partial charge is 0.382 e. The molecular weight excluding hydrogens is 164 g/mol. The number of nitrogen functional groups attached to an aromatic ring is 1. The fraction of sp³-hybridized carbons (Fsp3) is 0.556. The molecular formula is C9H14N4. The van der Waals surface area contributed by atoms with E-state index in [9.17, 15) is 0 Å². The Kier molecular flexibility index (Phi) is 2.29. The first-order chi connectivity index (χ1) is 6.34. The lowest BCUT2D eigenvalue weighted by molar-refractivity contribution is 0.333. The van der Waals surface area contributed by atoms with Crippen LogP contribution in [0.4, 0.5) is 11.6 Å². The summed E-state index contributed by atoms with van der Waals surface area (Å²) in [5.41, 5.74) is 5.42. The summed E-state index contributed by atoms with van der Waals surface area (Å²) < 4.78 is 0. The molecule has 2 rings (SSSR count). The summed E-state index contributed by atoms with van der Waals surface area (Å²) in [4.78, 5) is 8.06. The zero-order valence-corrected chi connectivity index (χ0v) is 7.53. The van der Waals surface area contributed by atoms with Crippen LogP contribution in [0.1, 0.15) is 19.3 Å². The fourth-order valence-electron chi connectivity index (χ4n) is 1.38. The van der Waals surface area contributed by atoms with Gasteiger partial charge in [0.2, 0.25) is 0 Å². The zero-order chi connectivity index (χ0) is 9.10. The molecule has 0 amide bonds. The monoisotopic (exact) mass is 178 g/mol. The second-order valence-corrected chi connectivity index (χ2v) is 3.50. The van der Waals surface area contributed by atoms with Crippen molar-refractivity contribution < 1.29 is 0 Å². The lowest BCUT2D eigenvalue weighted by atomic mass is 9.85. The molecule has 1 fully saturated rings. The minimum atomic E-state index is 0.467. The maximum Gasteiger partial charge on any atom is 0.144 e. The van der Waals surface area contributed by atoms with Gasteiger partial charge in [0.1, 0.15) is 11.6 Å². The van der Waals surface area contributed by atoms with Crippen molar-refractivity contribution in [3.05, 3.63) is 12.4 Å². The van der Waals surface area contributed by atoms with Crippen LogP contribution in [0.3, 0.4) is 0 Å². The van der Waals surface area contributed by atoms with Gasteiger partial charge in [-0.25, -0.2) is 9.97 Å². The molecule has 0 radical (unpaired) electrons. The van der Waals surface area contributed by atoms with Crippen LogP contribution in [-0.4, -0.2) is 16.5 Å². The molecule has 3 N–H and O–H groups in total. The highest BCUT2D eigenvalue weighted by Gasteiger charge is 2.16. The van der Waals surface area contributed by atoms with Gasteiger partial charge in [-0.15, -0.1) is 0 Å². The molecule has 0 aromatic carbocycles. The molecule has 4 nitrogen and oxygen atoms in total. The number of hydrogen-bond acceptors (Lipinski definition) is 4. The Balaban J connectivity index is 1.83. The van der Waals surface area contributed by atoms with Crippen LogP contribution < -0.4 is 11.1 Å². The Morgan fingerprint density at radius 3 is 2.77 bits per heavy atom. The van der Waals surface area contributed by atoms with E-state index in [0.717, 1.165) is 18.3 Å². The number of rotatable bonds is 3. The summed E-state index contributed by atoms with van der Waals surface area (Å²) >= 11 is 0. The lowest BCUT2D eigenvalue weighted by Gasteiger charge is -2.25. The first-order valence-corrected chi connectivity index (χ1v) is 4.66.